The average Bonchev–Trinajstić information content (AvgIpc) is 2.92. The lowest BCUT2D eigenvalue weighted by molar-refractivity contribution is -0.188. The Balaban J connectivity index is 1.88. The van der Waals surface area contributed by atoms with Crippen LogP contribution in [0.2, 0.25) is 0 Å². The van der Waals surface area contributed by atoms with Gasteiger partial charge in [-0.2, -0.15) is 18.3 Å². The van der Waals surface area contributed by atoms with E-state index in [-0.39, 0.29) is 30.6 Å². The van der Waals surface area contributed by atoms with E-state index in [1.165, 1.54) is 11.9 Å². The van der Waals surface area contributed by atoms with E-state index in [0.29, 0.717) is 19.6 Å². The smallest absolute Gasteiger partial charge is 0.383 e. The summed E-state index contributed by atoms with van der Waals surface area (Å²) in [6, 6.07) is -0.171. The maximum absolute atomic E-state index is 12.8. The topological polar surface area (TPSA) is 59.4 Å². The molecule has 130 valence electrons. The fraction of sp³-hybridized carbons (Fsp3) is 0.714. The number of likely N-dealkylation sites (tertiary alicyclic amines) is 1. The third kappa shape index (κ3) is 4.68. The van der Waals surface area contributed by atoms with Gasteiger partial charge in [-0.25, -0.2) is 0 Å². The molecule has 1 aromatic heterocycles. The van der Waals surface area contributed by atoms with Crippen molar-refractivity contribution in [2.45, 2.75) is 37.6 Å². The van der Waals surface area contributed by atoms with Crippen molar-refractivity contribution in [1.82, 2.24) is 20.0 Å². The van der Waals surface area contributed by atoms with Crippen LogP contribution in [0, 0.1) is 0 Å². The summed E-state index contributed by atoms with van der Waals surface area (Å²) < 4.78 is 44.9. The summed E-state index contributed by atoms with van der Waals surface area (Å²) in [5.74, 6) is -0.370. The Labute approximate surface area is 132 Å². The van der Waals surface area contributed by atoms with Crippen LogP contribution in [0.4, 0.5) is 13.2 Å². The molecule has 1 aliphatic rings. The second kappa shape index (κ2) is 7.31. The molecule has 1 aliphatic heterocycles. The highest BCUT2D eigenvalue weighted by molar-refractivity contribution is 5.92. The van der Waals surface area contributed by atoms with Crippen molar-refractivity contribution in [2.24, 2.45) is 0 Å². The molecule has 0 unspecified atom stereocenters. The highest BCUT2D eigenvalue weighted by Crippen LogP contribution is 2.30. The van der Waals surface area contributed by atoms with Crippen molar-refractivity contribution in [3.63, 3.8) is 0 Å². The first-order valence-electron chi connectivity index (χ1n) is 7.41. The first kappa shape index (κ1) is 17.7. The van der Waals surface area contributed by atoms with Gasteiger partial charge in [0.25, 0.3) is 5.91 Å². The van der Waals surface area contributed by atoms with Crippen LogP contribution in [0.1, 0.15) is 23.3 Å². The first-order chi connectivity index (χ1) is 10.8. The van der Waals surface area contributed by atoms with Crippen LogP contribution < -0.4 is 5.32 Å². The zero-order valence-electron chi connectivity index (χ0n) is 13.1. The van der Waals surface area contributed by atoms with E-state index in [0.717, 1.165) is 0 Å². The Morgan fingerprint density at radius 2 is 2.22 bits per heavy atom. The van der Waals surface area contributed by atoms with Crippen molar-refractivity contribution < 1.29 is 22.7 Å². The molecule has 0 aromatic carbocycles. The zero-order valence-corrected chi connectivity index (χ0v) is 13.1. The highest BCUT2D eigenvalue weighted by atomic mass is 19.4. The predicted octanol–water partition coefficient (Wildman–Crippen LogP) is 1.28. The minimum Gasteiger partial charge on any atom is -0.383 e. The number of halogens is 3. The molecule has 1 aromatic rings. The minimum atomic E-state index is -4.23. The molecule has 0 bridgehead atoms. The fourth-order valence-electron chi connectivity index (χ4n) is 2.73. The molecule has 6 nitrogen and oxygen atoms in total. The van der Waals surface area contributed by atoms with E-state index in [1.54, 1.807) is 24.1 Å². The number of hydrogen-bond acceptors (Lipinski definition) is 4. The van der Waals surface area contributed by atoms with Crippen molar-refractivity contribution in [3.8, 4) is 0 Å². The van der Waals surface area contributed by atoms with E-state index in [9.17, 15) is 18.0 Å². The number of nitrogens with one attached hydrogen (secondary N) is 1. The van der Waals surface area contributed by atoms with Gasteiger partial charge in [0.2, 0.25) is 0 Å². The molecule has 9 heteroatoms. The number of alkyl halides is 3. The van der Waals surface area contributed by atoms with Crippen molar-refractivity contribution in [3.05, 3.63) is 18.0 Å². The molecule has 0 aliphatic carbocycles. The molecule has 1 fully saturated rings. The van der Waals surface area contributed by atoms with Gasteiger partial charge in [-0.15, -0.1) is 0 Å². The lowest BCUT2D eigenvalue weighted by Gasteiger charge is -2.38. The van der Waals surface area contributed by atoms with Crippen LogP contribution in [0.15, 0.2) is 12.3 Å². The third-order valence-corrected chi connectivity index (χ3v) is 3.94. The summed E-state index contributed by atoms with van der Waals surface area (Å²) in [7, 11) is 3.00. The van der Waals surface area contributed by atoms with E-state index < -0.39 is 12.2 Å². The molecular weight excluding hydrogens is 313 g/mol. The summed E-state index contributed by atoms with van der Waals surface area (Å²) in [4.78, 5) is 13.4. The predicted molar refractivity (Wildman–Crippen MR) is 77.1 cm³/mol. The molecular formula is C14H21F3N4O2. The number of methoxy groups -OCH3 is 1. The van der Waals surface area contributed by atoms with Crippen LogP contribution in [-0.4, -0.2) is 66.2 Å². The second-order valence-electron chi connectivity index (χ2n) is 5.70. The number of nitrogens with zero attached hydrogens (tertiary/aromatic N) is 3. The largest absolute Gasteiger partial charge is 0.404 e. The summed E-state index contributed by atoms with van der Waals surface area (Å²) in [5, 5.41) is 6.87. The Kier molecular flexibility index (Phi) is 5.64. The van der Waals surface area contributed by atoms with Gasteiger partial charge < -0.3 is 10.1 Å². The lowest BCUT2D eigenvalue weighted by atomic mass is 9.98. The maximum Gasteiger partial charge on any atom is 0.404 e. The normalized spacial score (nSPS) is 23.0. The standard InChI is InChI=1S/C14H21F3N4O2/c1-20-9-10(3-4-12(20)14(15,16)17)18-13(22)11-5-6-21(19-11)7-8-23-2/h5-6,10,12H,3-4,7-9H2,1-2H3,(H,18,22)/t10-,12+/m0/s1. The lowest BCUT2D eigenvalue weighted by Crippen LogP contribution is -2.54. The van der Waals surface area contributed by atoms with Gasteiger partial charge in [-0.05, 0) is 26.0 Å². The Morgan fingerprint density at radius 3 is 2.83 bits per heavy atom. The second-order valence-corrected chi connectivity index (χ2v) is 5.70. The molecule has 1 saturated heterocycles. The summed E-state index contributed by atoms with van der Waals surface area (Å²) in [6.07, 6.45) is -2.29. The summed E-state index contributed by atoms with van der Waals surface area (Å²) in [5.41, 5.74) is 0.252. The number of carbonyl (C=O) groups excluding carboxylic acids is 1. The SMILES string of the molecule is COCCn1ccc(C(=O)N[C@H]2CC[C@H](C(F)(F)F)N(C)C2)n1. The van der Waals surface area contributed by atoms with E-state index >= 15 is 0 Å². The first-order valence-corrected chi connectivity index (χ1v) is 7.41. The molecule has 23 heavy (non-hydrogen) atoms. The van der Waals surface area contributed by atoms with Gasteiger partial charge in [-0.1, -0.05) is 0 Å². The monoisotopic (exact) mass is 334 g/mol. The Bertz CT molecular complexity index is 532. The number of hydrogen-bond donors (Lipinski definition) is 1. The maximum atomic E-state index is 12.8. The van der Waals surface area contributed by atoms with Crippen LogP contribution >= 0.6 is 0 Å². The summed E-state index contributed by atoms with van der Waals surface area (Å²) >= 11 is 0. The molecule has 1 amide bonds. The Hall–Kier alpha value is -1.61. The quantitative estimate of drug-likeness (QED) is 0.881. The fourth-order valence-corrected chi connectivity index (χ4v) is 2.73. The van der Waals surface area contributed by atoms with Gasteiger partial charge in [0.1, 0.15) is 11.7 Å². The van der Waals surface area contributed by atoms with Crippen molar-refractivity contribution in [2.75, 3.05) is 27.3 Å². The van der Waals surface area contributed by atoms with Crippen molar-refractivity contribution in [1.29, 1.82) is 0 Å². The number of amides is 1. The summed E-state index contributed by atoms with van der Waals surface area (Å²) in [6.45, 7) is 1.18. The minimum absolute atomic E-state index is 0.0206. The van der Waals surface area contributed by atoms with Gasteiger partial charge >= 0.3 is 6.18 Å². The van der Waals surface area contributed by atoms with Crippen LogP contribution in [0.3, 0.4) is 0 Å². The number of rotatable bonds is 5. The third-order valence-electron chi connectivity index (χ3n) is 3.94. The van der Waals surface area contributed by atoms with Gasteiger partial charge in [0.05, 0.1) is 13.2 Å². The Morgan fingerprint density at radius 1 is 1.48 bits per heavy atom. The molecule has 0 radical (unpaired) electrons. The van der Waals surface area contributed by atoms with E-state index in [4.69, 9.17) is 4.74 Å². The van der Waals surface area contributed by atoms with Crippen LogP contribution in [0.25, 0.3) is 0 Å². The molecule has 2 heterocycles. The van der Waals surface area contributed by atoms with E-state index in [2.05, 4.69) is 10.4 Å². The number of aromatic nitrogens is 2. The molecule has 0 spiro atoms. The number of piperidine rings is 1. The van der Waals surface area contributed by atoms with Gasteiger partial charge in [-0.3, -0.25) is 14.4 Å². The number of carbonyl (C=O) groups is 1. The molecule has 1 N–H and O–H groups in total. The highest BCUT2D eigenvalue weighted by Gasteiger charge is 2.44. The average molecular weight is 334 g/mol. The van der Waals surface area contributed by atoms with Crippen LogP contribution in [-0.2, 0) is 11.3 Å². The molecule has 0 saturated carbocycles. The zero-order chi connectivity index (χ0) is 17.0. The van der Waals surface area contributed by atoms with Crippen molar-refractivity contribution >= 4 is 5.91 Å². The van der Waals surface area contributed by atoms with Gasteiger partial charge in [0.15, 0.2) is 0 Å². The molecule has 2 atom stereocenters. The van der Waals surface area contributed by atoms with Crippen LogP contribution in [0.5, 0.6) is 0 Å². The number of likely N-dealkylation sites (N-methyl/N-ethyl adjacent to an activating group) is 1. The number of ether oxygens (including phenoxy) is 1. The molecule has 2 rings (SSSR count). The van der Waals surface area contributed by atoms with E-state index in [1.807, 2.05) is 0 Å². The van der Waals surface area contributed by atoms with Gasteiger partial charge in [0, 0.05) is 25.9 Å².